The Morgan fingerprint density at radius 3 is 2.56 bits per heavy atom. The fraction of sp³-hybridized carbons (Fsp3) is 0.375. The second kappa shape index (κ2) is 6.65. The second-order valence-corrected chi connectivity index (χ2v) is 8.17. The SMILES string of the molecule is Cc1ccc([C@H]2CC3CCC(C2c2ncc(-c4ccccc4)o2)N3C)cc1. The third-order valence-corrected chi connectivity index (χ3v) is 6.64. The number of hydrogen-bond acceptors (Lipinski definition) is 3. The Morgan fingerprint density at radius 1 is 1.00 bits per heavy atom. The van der Waals surface area contributed by atoms with Gasteiger partial charge in [0.1, 0.15) is 0 Å². The summed E-state index contributed by atoms with van der Waals surface area (Å²) < 4.78 is 6.35. The molecule has 2 aliphatic rings. The predicted octanol–water partition coefficient (Wildman–Crippen LogP) is 5.38. The molecule has 2 aromatic carbocycles. The molecule has 3 nitrogen and oxygen atoms in total. The minimum Gasteiger partial charge on any atom is -0.440 e. The molecule has 138 valence electrons. The Hall–Kier alpha value is -2.39. The topological polar surface area (TPSA) is 29.3 Å². The van der Waals surface area contributed by atoms with Crippen molar-refractivity contribution in [3.63, 3.8) is 0 Å². The summed E-state index contributed by atoms with van der Waals surface area (Å²) in [6.07, 6.45) is 5.60. The number of piperidine rings is 1. The predicted molar refractivity (Wildman–Crippen MR) is 108 cm³/mol. The van der Waals surface area contributed by atoms with Gasteiger partial charge in [-0.1, -0.05) is 60.2 Å². The van der Waals surface area contributed by atoms with Crippen molar-refractivity contribution < 1.29 is 4.42 Å². The monoisotopic (exact) mass is 358 g/mol. The molecule has 0 aliphatic carbocycles. The van der Waals surface area contributed by atoms with Crippen molar-refractivity contribution in [2.24, 2.45) is 0 Å². The molecule has 2 bridgehead atoms. The minimum atomic E-state index is 0.314. The minimum absolute atomic E-state index is 0.314. The summed E-state index contributed by atoms with van der Waals surface area (Å²) in [5.74, 6) is 2.56. The van der Waals surface area contributed by atoms with Crippen molar-refractivity contribution in [2.45, 2.75) is 50.1 Å². The number of nitrogens with zero attached hydrogens (tertiary/aromatic N) is 2. The molecule has 27 heavy (non-hydrogen) atoms. The van der Waals surface area contributed by atoms with E-state index < -0.39 is 0 Å². The van der Waals surface area contributed by atoms with Gasteiger partial charge in [-0.15, -0.1) is 0 Å². The lowest BCUT2D eigenvalue weighted by molar-refractivity contribution is 0.124. The van der Waals surface area contributed by atoms with E-state index in [1.165, 1.54) is 30.4 Å². The molecule has 0 saturated carbocycles. The summed E-state index contributed by atoms with van der Waals surface area (Å²) in [7, 11) is 2.28. The molecule has 0 amide bonds. The fourth-order valence-electron chi connectivity index (χ4n) is 5.14. The van der Waals surface area contributed by atoms with Crippen LogP contribution in [0.3, 0.4) is 0 Å². The first-order valence-corrected chi connectivity index (χ1v) is 10.0. The summed E-state index contributed by atoms with van der Waals surface area (Å²) in [4.78, 5) is 7.34. The Bertz CT molecular complexity index is 915. The van der Waals surface area contributed by atoms with Crippen LogP contribution in [0.2, 0.25) is 0 Å². The van der Waals surface area contributed by atoms with Crippen molar-refractivity contribution in [3.05, 3.63) is 77.8 Å². The molecule has 1 aromatic heterocycles. The lowest BCUT2D eigenvalue weighted by Gasteiger charge is -2.42. The lowest BCUT2D eigenvalue weighted by Crippen LogP contribution is -2.44. The van der Waals surface area contributed by atoms with E-state index in [4.69, 9.17) is 9.40 Å². The highest BCUT2D eigenvalue weighted by Gasteiger charge is 2.48. The van der Waals surface area contributed by atoms with Gasteiger partial charge in [0.25, 0.3) is 0 Å². The highest BCUT2D eigenvalue weighted by Crippen LogP contribution is 2.50. The van der Waals surface area contributed by atoms with Crippen molar-refractivity contribution in [1.82, 2.24) is 9.88 Å². The maximum atomic E-state index is 6.35. The summed E-state index contributed by atoms with van der Waals surface area (Å²) >= 11 is 0. The fourth-order valence-corrected chi connectivity index (χ4v) is 5.14. The average molecular weight is 358 g/mol. The van der Waals surface area contributed by atoms with E-state index in [-0.39, 0.29) is 0 Å². The zero-order chi connectivity index (χ0) is 18.4. The summed E-state index contributed by atoms with van der Waals surface area (Å²) in [5.41, 5.74) is 3.83. The molecule has 4 atom stereocenters. The van der Waals surface area contributed by atoms with Crippen molar-refractivity contribution in [1.29, 1.82) is 0 Å². The molecular formula is C24H26N2O. The second-order valence-electron chi connectivity index (χ2n) is 8.17. The summed E-state index contributed by atoms with van der Waals surface area (Å²) in [6.45, 7) is 2.15. The van der Waals surface area contributed by atoms with Gasteiger partial charge in [0, 0.05) is 17.6 Å². The first kappa shape index (κ1) is 16.8. The number of hydrogen-bond donors (Lipinski definition) is 0. The molecule has 3 heteroatoms. The molecule has 0 radical (unpaired) electrons. The van der Waals surface area contributed by atoms with Gasteiger partial charge < -0.3 is 4.42 Å². The maximum absolute atomic E-state index is 6.35. The standard InChI is InChI=1S/C24H26N2O/c1-16-8-10-17(11-9-16)20-14-19-12-13-21(26(19)2)23(20)24-25-15-22(27-24)18-6-4-3-5-7-18/h3-11,15,19-21,23H,12-14H2,1-2H3/t19?,20-,21?,23?/m1/s1. The zero-order valence-corrected chi connectivity index (χ0v) is 16.0. The smallest absolute Gasteiger partial charge is 0.200 e. The molecular weight excluding hydrogens is 332 g/mol. The third-order valence-electron chi connectivity index (χ3n) is 6.64. The number of fused-ring (bicyclic) bond motifs is 2. The first-order valence-electron chi connectivity index (χ1n) is 10.0. The maximum Gasteiger partial charge on any atom is 0.200 e. The van der Waals surface area contributed by atoms with E-state index >= 15 is 0 Å². The quantitative estimate of drug-likeness (QED) is 0.629. The Labute approximate surface area is 161 Å². The van der Waals surface area contributed by atoms with Gasteiger partial charge in [0.2, 0.25) is 0 Å². The molecule has 0 N–H and O–H groups in total. The molecule has 3 unspecified atom stereocenters. The van der Waals surface area contributed by atoms with Crippen molar-refractivity contribution in [3.8, 4) is 11.3 Å². The first-order chi connectivity index (χ1) is 13.2. The molecule has 2 fully saturated rings. The number of rotatable bonds is 3. The van der Waals surface area contributed by atoms with Gasteiger partial charge >= 0.3 is 0 Å². The van der Waals surface area contributed by atoms with E-state index in [2.05, 4.69) is 55.3 Å². The van der Waals surface area contributed by atoms with Crippen LogP contribution in [-0.2, 0) is 0 Å². The van der Waals surface area contributed by atoms with Gasteiger partial charge in [-0.2, -0.15) is 0 Å². The number of benzene rings is 2. The average Bonchev–Trinajstić information content (AvgIpc) is 3.26. The third kappa shape index (κ3) is 2.90. The van der Waals surface area contributed by atoms with E-state index in [9.17, 15) is 0 Å². The summed E-state index contributed by atoms with van der Waals surface area (Å²) in [5, 5.41) is 0. The van der Waals surface area contributed by atoms with E-state index in [0.29, 0.717) is 23.9 Å². The Balaban J connectivity index is 1.54. The summed E-state index contributed by atoms with van der Waals surface area (Å²) in [6, 6.07) is 20.6. The molecule has 0 spiro atoms. The number of likely N-dealkylation sites (N-methyl/N-ethyl adjacent to an activating group) is 1. The van der Waals surface area contributed by atoms with Gasteiger partial charge in [-0.3, -0.25) is 4.90 Å². The highest BCUT2D eigenvalue weighted by molar-refractivity contribution is 5.56. The molecule has 5 rings (SSSR count). The van der Waals surface area contributed by atoms with Crippen LogP contribution in [-0.4, -0.2) is 29.0 Å². The van der Waals surface area contributed by atoms with Crippen molar-refractivity contribution >= 4 is 0 Å². The lowest BCUT2D eigenvalue weighted by atomic mass is 9.76. The van der Waals surface area contributed by atoms with E-state index in [0.717, 1.165) is 17.2 Å². The number of aromatic nitrogens is 1. The zero-order valence-electron chi connectivity index (χ0n) is 16.0. The molecule has 3 aromatic rings. The Morgan fingerprint density at radius 2 is 1.78 bits per heavy atom. The number of oxazole rings is 1. The van der Waals surface area contributed by atoms with Crippen LogP contribution in [0.4, 0.5) is 0 Å². The van der Waals surface area contributed by atoms with Crippen LogP contribution in [0.25, 0.3) is 11.3 Å². The van der Waals surface area contributed by atoms with Crippen LogP contribution >= 0.6 is 0 Å². The van der Waals surface area contributed by atoms with Crippen LogP contribution in [0.15, 0.2) is 65.2 Å². The van der Waals surface area contributed by atoms with Gasteiger partial charge in [-0.05, 0) is 44.7 Å². The highest BCUT2D eigenvalue weighted by atomic mass is 16.4. The normalized spacial score (nSPS) is 27.8. The van der Waals surface area contributed by atoms with Crippen LogP contribution in [0.1, 0.15) is 48.1 Å². The van der Waals surface area contributed by atoms with Crippen LogP contribution < -0.4 is 0 Å². The Kier molecular flexibility index (Phi) is 4.13. The molecule has 3 heterocycles. The van der Waals surface area contributed by atoms with Crippen LogP contribution in [0.5, 0.6) is 0 Å². The van der Waals surface area contributed by atoms with Crippen LogP contribution in [0, 0.1) is 6.92 Å². The largest absolute Gasteiger partial charge is 0.440 e. The molecule has 2 aliphatic heterocycles. The molecule has 2 saturated heterocycles. The van der Waals surface area contributed by atoms with Crippen molar-refractivity contribution in [2.75, 3.05) is 7.05 Å². The van der Waals surface area contributed by atoms with Gasteiger partial charge in [0.15, 0.2) is 11.7 Å². The van der Waals surface area contributed by atoms with Gasteiger partial charge in [-0.25, -0.2) is 4.98 Å². The van der Waals surface area contributed by atoms with Gasteiger partial charge in [0.05, 0.1) is 12.1 Å². The van der Waals surface area contributed by atoms with E-state index in [1.54, 1.807) is 0 Å². The van der Waals surface area contributed by atoms with E-state index in [1.807, 2.05) is 24.4 Å². The number of aryl methyl sites for hydroxylation is 1.